The molecule has 0 saturated carbocycles. The molecule has 1 unspecified atom stereocenters. The molecule has 156 valence electrons. The quantitative estimate of drug-likeness (QED) is 0.213. The minimum Gasteiger partial charge on any atom is -0.493 e. The zero-order chi connectivity index (χ0) is 21.3. The third-order valence-corrected chi connectivity index (χ3v) is 5.43. The number of guanidine groups is 1. The largest absolute Gasteiger partial charge is 0.493 e. The number of H-pyrrole nitrogens is 1. The van der Waals surface area contributed by atoms with E-state index in [1.165, 1.54) is 0 Å². The fraction of sp³-hybridized carbons (Fsp3) is 0.318. The molecule has 0 aliphatic carbocycles. The van der Waals surface area contributed by atoms with Crippen molar-refractivity contribution in [2.24, 2.45) is 16.5 Å². The summed E-state index contributed by atoms with van der Waals surface area (Å²) < 4.78 is 1.74. The van der Waals surface area contributed by atoms with E-state index in [4.69, 9.17) is 21.4 Å². The van der Waals surface area contributed by atoms with Crippen LogP contribution in [-0.2, 0) is 6.42 Å². The molecular weight excluding hydrogens is 378 g/mol. The van der Waals surface area contributed by atoms with Gasteiger partial charge in [-0.1, -0.05) is 32.0 Å². The highest BCUT2D eigenvalue weighted by Gasteiger charge is 2.20. The number of aryl methyl sites for hydroxylation is 1. The van der Waals surface area contributed by atoms with Crippen LogP contribution in [0.3, 0.4) is 0 Å². The summed E-state index contributed by atoms with van der Waals surface area (Å²) in [5.41, 5.74) is 15.7. The number of para-hydroxylation sites is 1. The van der Waals surface area contributed by atoms with Crippen molar-refractivity contribution in [2.75, 3.05) is 6.54 Å². The van der Waals surface area contributed by atoms with Crippen molar-refractivity contribution in [1.82, 2.24) is 19.4 Å². The second-order valence-corrected chi connectivity index (χ2v) is 7.58. The van der Waals surface area contributed by atoms with E-state index in [0.717, 1.165) is 40.8 Å². The van der Waals surface area contributed by atoms with Crippen LogP contribution >= 0.6 is 0 Å². The molecule has 0 spiro atoms. The summed E-state index contributed by atoms with van der Waals surface area (Å²) in [6.45, 7) is 4.65. The first-order valence-corrected chi connectivity index (χ1v) is 10.2. The number of benzene rings is 1. The lowest BCUT2D eigenvalue weighted by molar-refractivity contribution is 0.435. The highest BCUT2D eigenvalue weighted by molar-refractivity contribution is 5.85. The molecule has 0 amide bonds. The smallest absolute Gasteiger partial charge is 0.219 e. The highest BCUT2D eigenvalue weighted by atomic mass is 16.3. The van der Waals surface area contributed by atoms with Crippen LogP contribution < -0.4 is 11.5 Å². The number of aromatic hydroxyl groups is 1. The molecule has 4 rings (SSSR count). The van der Waals surface area contributed by atoms with Gasteiger partial charge in [0.2, 0.25) is 5.88 Å². The van der Waals surface area contributed by atoms with Crippen LogP contribution in [0.2, 0.25) is 0 Å². The summed E-state index contributed by atoms with van der Waals surface area (Å²) in [5, 5.41) is 12.0. The number of imidazole rings is 1. The Kier molecular flexibility index (Phi) is 5.31. The highest BCUT2D eigenvalue weighted by Crippen LogP contribution is 2.32. The van der Waals surface area contributed by atoms with Crippen LogP contribution in [0.15, 0.2) is 41.5 Å². The predicted octanol–water partition coefficient (Wildman–Crippen LogP) is 3.30. The van der Waals surface area contributed by atoms with Gasteiger partial charge in [0.15, 0.2) is 11.6 Å². The average Bonchev–Trinajstić information content (AvgIpc) is 3.32. The van der Waals surface area contributed by atoms with Crippen LogP contribution in [-0.4, -0.2) is 37.0 Å². The Balaban J connectivity index is 1.82. The van der Waals surface area contributed by atoms with Crippen molar-refractivity contribution >= 4 is 22.5 Å². The number of aromatic nitrogens is 4. The van der Waals surface area contributed by atoms with Gasteiger partial charge in [-0.05, 0) is 31.4 Å². The van der Waals surface area contributed by atoms with E-state index in [1.54, 1.807) is 4.40 Å². The number of aliphatic imine (C=N–C) groups is 1. The van der Waals surface area contributed by atoms with Gasteiger partial charge < -0.3 is 21.6 Å². The van der Waals surface area contributed by atoms with E-state index >= 15 is 0 Å². The van der Waals surface area contributed by atoms with Crippen LogP contribution in [0.25, 0.3) is 27.9 Å². The van der Waals surface area contributed by atoms with E-state index in [0.29, 0.717) is 24.3 Å². The molecule has 1 aromatic carbocycles. The summed E-state index contributed by atoms with van der Waals surface area (Å²) in [7, 11) is 0. The van der Waals surface area contributed by atoms with Crippen molar-refractivity contribution in [1.29, 1.82) is 0 Å². The average molecular weight is 406 g/mol. The van der Waals surface area contributed by atoms with E-state index in [2.05, 4.69) is 36.0 Å². The van der Waals surface area contributed by atoms with Crippen molar-refractivity contribution in [3.05, 3.63) is 47.9 Å². The summed E-state index contributed by atoms with van der Waals surface area (Å²) in [4.78, 5) is 17.1. The van der Waals surface area contributed by atoms with Crippen LogP contribution in [0, 0.1) is 0 Å². The topological polar surface area (TPSA) is 131 Å². The number of rotatable bonds is 7. The number of nitrogens with one attached hydrogen (secondary N) is 1. The van der Waals surface area contributed by atoms with Crippen LogP contribution in [0.5, 0.6) is 5.88 Å². The van der Waals surface area contributed by atoms with E-state index in [1.807, 2.05) is 24.4 Å². The first-order valence-electron chi connectivity index (χ1n) is 10.2. The zero-order valence-electron chi connectivity index (χ0n) is 17.3. The van der Waals surface area contributed by atoms with Gasteiger partial charge >= 0.3 is 0 Å². The maximum absolute atomic E-state index is 10.9. The Morgan fingerprint density at radius 2 is 2.07 bits per heavy atom. The predicted molar refractivity (Wildman–Crippen MR) is 120 cm³/mol. The van der Waals surface area contributed by atoms with Gasteiger partial charge in [0.25, 0.3) is 0 Å². The van der Waals surface area contributed by atoms with Crippen molar-refractivity contribution in [3.8, 4) is 17.3 Å². The van der Waals surface area contributed by atoms with Gasteiger partial charge in [-0.15, -0.1) is 0 Å². The van der Waals surface area contributed by atoms with E-state index in [9.17, 15) is 5.11 Å². The summed E-state index contributed by atoms with van der Waals surface area (Å²) in [6, 6.07) is 10.2. The SMILES string of the molecule is CCC(C)c1nc2c(CCCN=C(N)N)nc(-c3cc4ccccc4[nH]3)cn2c1O. The standard InChI is InChI=1S/C22H27N7O/c1-3-13(2)19-21(30)29-12-18(17-11-14-7-4-5-8-15(14)26-17)27-16(20(29)28-19)9-6-10-25-22(23)24/h4-5,7-8,11-13,26,30H,3,6,9-10H2,1-2H3,(H4,23,24,25). The maximum atomic E-state index is 10.9. The fourth-order valence-electron chi connectivity index (χ4n) is 3.60. The molecule has 4 aromatic rings. The van der Waals surface area contributed by atoms with E-state index in [-0.39, 0.29) is 17.8 Å². The monoisotopic (exact) mass is 405 g/mol. The van der Waals surface area contributed by atoms with Crippen molar-refractivity contribution in [2.45, 2.75) is 39.0 Å². The van der Waals surface area contributed by atoms with Gasteiger partial charge in [0, 0.05) is 29.6 Å². The summed E-state index contributed by atoms with van der Waals surface area (Å²) in [5.74, 6) is 0.401. The third kappa shape index (κ3) is 3.68. The molecule has 0 saturated heterocycles. The minimum absolute atomic E-state index is 0.0810. The number of hydrogen-bond acceptors (Lipinski definition) is 4. The maximum Gasteiger partial charge on any atom is 0.219 e. The van der Waals surface area contributed by atoms with Gasteiger partial charge in [-0.25, -0.2) is 9.97 Å². The molecule has 0 aliphatic rings. The molecular formula is C22H27N7O. The molecule has 3 heterocycles. The van der Waals surface area contributed by atoms with Crippen molar-refractivity contribution < 1.29 is 5.11 Å². The lowest BCUT2D eigenvalue weighted by atomic mass is 10.1. The number of hydrogen-bond donors (Lipinski definition) is 4. The summed E-state index contributed by atoms with van der Waals surface area (Å²) >= 11 is 0. The van der Waals surface area contributed by atoms with Crippen LogP contribution in [0.1, 0.15) is 44.0 Å². The van der Waals surface area contributed by atoms with Gasteiger partial charge in [-0.3, -0.25) is 9.39 Å². The number of nitrogens with two attached hydrogens (primary N) is 2. The molecule has 30 heavy (non-hydrogen) atoms. The molecule has 3 aromatic heterocycles. The Hall–Kier alpha value is -3.55. The first kappa shape index (κ1) is 19.8. The fourth-order valence-corrected chi connectivity index (χ4v) is 3.60. The molecule has 0 aliphatic heterocycles. The Labute approximate surface area is 174 Å². The molecule has 0 bridgehead atoms. The lowest BCUT2D eigenvalue weighted by Gasteiger charge is -2.07. The van der Waals surface area contributed by atoms with Crippen LogP contribution in [0.4, 0.5) is 0 Å². The normalized spacial score (nSPS) is 12.5. The van der Waals surface area contributed by atoms with Crippen molar-refractivity contribution in [3.63, 3.8) is 0 Å². The van der Waals surface area contributed by atoms with Gasteiger partial charge in [0.1, 0.15) is 11.4 Å². The molecule has 6 N–H and O–H groups in total. The minimum atomic E-state index is 0.0810. The number of fused-ring (bicyclic) bond motifs is 2. The molecule has 0 fully saturated rings. The van der Waals surface area contributed by atoms with Gasteiger partial charge in [-0.2, -0.15) is 0 Å². The van der Waals surface area contributed by atoms with E-state index < -0.39 is 0 Å². The Morgan fingerprint density at radius 3 is 2.80 bits per heavy atom. The lowest BCUT2D eigenvalue weighted by Crippen LogP contribution is -2.23. The molecule has 0 radical (unpaired) electrons. The Morgan fingerprint density at radius 1 is 1.27 bits per heavy atom. The Bertz CT molecular complexity index is 1180. The second-order valence-electron chi connectivity index (χ2n) is 7.58. The summed E-state index contributed by atoms with van der Waals surface area (Å²) in [6.07, 6.45) is 4.10. The van der Waals surface area contributed by atoms with Gasteiger partial charge in [0.05, 0.1) is 11.4 Å². The zero-order valence-corrected chi connectivity index (χ0v) is 17.3. The third-order valence-electron chi connectivity index (χ3n) is 5.43. The number of nitrogens with zero attached hydrogens (tertiary/aromatic N) is 4. The molecule has 8 heteroatoms. The second kappa shape index (κ2) is 8.06. The molecule has 8 nitrogen and oxygen atoms in total. The first-order chi connectivity index (χ1) is 14.5. The molecule has 1 atom stereocenters. The number of aromatic amines is 1.